The van der Waals surface area contributed by atoms with Crippen molar-refractivity contribution >= 4 is 17.6 Å². The van der Waals surface area contributed by atoms with Crippen LogP contribution in [0, 0.1) is 18.2 Å². The Labute approximate surface area is 196 Å². The van der Waals surface area contributed by atoms with Gasteiger partial charge in [0.1, 0.15) is 5.82 Å². The number of amides is 1. The van der Waals surface area contributed by atoms with E-state index in [1.807, 2.05) is 0 Å². The van der Waals surface area contributed by atoms with E-state index in [2.05, 4.69) is 10.1 Å². The molecule has 0 aromatic heterocycles. The van der Waals surface area contributed by atoms with Crippen LogP contribution in [0.15, 0.2) is 47.7 Å². The van der Waals surface area contributed by atoms with Crippen LogP contribution >= 0.6 is 0 Å². The Balaban J connectivity index is 2.08. The summed E-state index contributed by atoms with van der Waals surface area (Å²) in [5.74, 6) is -6.97. The molecule has 3 rings (SSSR count). The largest absolute Gasteiger partial charge is 0.465 e. The third-order valence-corrected chi connectivity index (χ3v) is 5.56. The Morgan fingerprint density at radius 2 is 1.83 bits per heavy atom. The summed E-state index contributed by atoms with van der Waals surface area (Å²) in [7, 11) is 1.07. The van der Waals surface area contributed by atoms with E-state index in [1.54, 1.807) is 0 Å². The van der Waals surface area contributed by atoms with Crippen LogP contribution in [0.2, 0.25) is 0 Å². The first-order chi connectivity index (χ1) is 16.3. The van der Waals surface area contributed by atoms with E-state index in [0.717, 1.165) is 31.4 Å². The van der Waals surface area contributed by atoms with Crippen molar-refractivity contribution in [1.82, 2.24) is 5.32 Å². The van der Waals surface area contributed by atoms with Crippen LogP contribution < -0.4 is 5.32 Å². The molecule has 0 unspecified atom stereocenters. The number of hydrogen-bond acceptors (Lipinski definition) is 4. The lowest BCUT2D eigenvalue weighted by Crippen LogP contribution is -2.37. The molecule has 186 valence electrons. The number of carbonyl (C=O) groups excluding carboxylic acids is 2. The number of allylic oxidation sites excluding steroid dienone is 2. The number of ether oxygens (including phenoxy) is 1. The summed E-state index contributed by atoms with van der Waals surface area (Å²) in [5, 5.41) is 10.4. The minimum atomic E-state index is -4.87. The number of rotatable bonds is 5. The summed E-state index contributed by atoms with van der Waals surface area (Å²) in [6, 6.07) is 5.84. The molecule has 0 atom stereocenters. The molecule has 1 aliphatic rings. The summed E-state index contributed by atoms with van der Waals surface area (Å²) >= 11 is 0. The maximum absolute atomic E-state index is 14.9. The smallest absolute Gasteiger partial charge is 0.417 e. The summed E-state index contributed by atoms with van der Waals surface area (Å²) in [4.78, 5) is 24.4. The number of benzene rings is 2. The van der Waals surface area contributed by atoms with E-state index in [1.165, 1.54) is 13.0 Å². The van der Waals surface area contributed by atoms with Gasteiger partial charge in [-0.2, -0.15) is 13.2 Å². The maximum Gasteiger partial charge on any atom is 0.417 e. The molecule has 0 radical (unpaired) electrons. The van der Waals surface area contributed by atoms with Crippen molar-refractivity contribution in [1.29, 1.82) is 5.41 Å². The molecule has 0 fully saturated rings. The van der Waals surface area contributed by atoms with E-state index in [-0.39, 0.29) is 24.0 Å². The van der Waals surface area contributed by atoms with Crippen LogP contribution in [0.5, 0.6) is 0 Å². The fourth-order valence-electron chi connectivity index (χ4n) is 3.92. The number of nitrogens with one attached hydrogen (secondary N) is 2. The zero-order valence-electron chi connectivity index (χ0n) is 18.6. The van der Waals surface area contributed by atoms with Crippen molar-refractivity contribution in [3.63, 3.8) is 0 Å². The second kappa shape index (κ2) is 9.55. The van der Waals surface area contributed by atoms with Gasteiger partial charge >= 0.3 is 12.1 Å². The van der Waals surface area contributed by atoms with Gasteiger partial charge in [-0.3, -0.25) is 10.2 Å². The SMILES string of the molecule is COC(=O)c1ccc(C(=N)C2=C(NC(=O)c3c(C)cccc3C(F)(F)F)CCCC2(F)F)c(F)c1. The predicted octanol–water partition coefficient (Wildman–Crippen LogP) is 5.81. The number of hydrogen-bond donors (Lipinski definition) is 2. The van der Waals surface area contributed by atoms with Crippen molar-refractivity contribution in [3.8, 4) is 0 Å². The van der Waals surface area contributed by atoms with Gasteiger partial charge in [-0.25, -0.2) is 18.0 Å². The molecule has 2 aromatic rings. The van der Waals surface area contributed by atoms with Gasteiger partial charge in [0.2, 0.25) is 0 Å². The molecule has 0 saturated heterocycles. The topological polar surface area (TPSA) is 79.2 Å². The highest BCUT2D eigenvalue weighted by molar-refractivity contribution is 6.13. The highest BCUT2D eigenvalue weighted by Crippen LogP contribution is 2.40. The number of esters is 1. The van der Waals surface area contributed by atoms with Crippen molar-refractivity contribution in [2.75, 3.05) is 7.11 Å². The number of alkyl halides is 5. The average molecular weight is 498 g/mol. The lowest BCUT2D eigenvalue weighted by molar-refractivity contribution is -0.138. The van der Waals surface area contributed by atoms with E-state index >= 15 is 0 Å². The molecule has 5 nitrogen and oxygen atoms in total. The molecule has 0 heterocycles. The summed E-state index contributed by atoms with van der Waals surface area (Å²) < 4.78 is 89.4. The van der Waals surface area contributed by atoms with Crippen LogP contribution in [0.25, 0.3) is 0 Å². The minimum Gasteiger partial charge on any atom is -0.465 e. The predicted molar refractivity (Wildman–Crippen MR) is 114 cm³/mol. The van der Waals surface area contributed by atoms with Crippen LogP contribution in [0.1, 0.15) is 56.7 Å². The zero-order chi connectivity index (χ0) is 26.1. The first-order valence-corrected chi connectivity index (χ1v) is 10.3. The second-order valence-electron chi connectivity index (χ2n) is 7.92. The van der Waals surface area contributed by atoms with Gasteiger partial charge in [0.25, 0.3) is 11.8 Å². The lowest BCUT2D eigenvalue weighted by atomic mass is 9.86. The van der Waals surface area contributed by atoms with Crippen molar-refractivity contribution < 1.29 is 40.7 Å². The van der Waals surface area contributed by atoms with Gasteiger partial charge in [-0.15, -0.1) is 0 Å². The summed E-state index contributed by atoms with van der Waals surface area (Å²) in [5.41, 5.74) is -5.21. The summed E-state index contributed by atoms with van der Waals surface area (Å²) in [6.45, 7) is 1.27. The number of methoxy groups -OCH3 is 1. The fourth-order valence-corrected chi connectivity index (χ4v) is 3.92. The summed E-state index contributed by atoms with van der Waals surface area (Å²) in [6.07, 6.45) is -5.87. The van der Waals surface area contributed by atoms with E-state index < -0.39 is 69.9 Å². The molecule has 0 saturated carbocycles. The molecule has 0 bridgehead atoms. The molecular weight excluding hydrogens is 478 g/mol. The van der Waals surface area contributed by atoms with Gasteiger partial charge in [-0.05, 0) is 49.6 Å². The third-order valence-electron chi connectivity index (χ3n) is 5.56. The quantitative estimate of drug-likeness (QED) is 0.310. The van der Waals surface area contributed by atoms with Crippen molar-refractivity contribution in [2.24, 2.45) is 0 Å². The monoisotopic (exact) mass is 498 g/mol. The Kier molecular flexibility index (Phi) is 7.09. The normalized spacial score (nSPS) is 15.5. The molecule has 2 aromatic carbocycles. The first-order valence-electron chi connectivity index (χ1n) is 10.3. The van der Waals surface area contributed by atoms with Crippen LogP contribution in [-0.2, 0) is 10.9 Å². The maximum atomic E-state index is 14.9. The first kappa shape index (κ1) is 26.0. The molecule has 2 N–H and O–H groups in total. The molecule has 35 heavy (non-hydrogen) atoms. The highest BCUT2D eigenvalue weighted by Gasteiger charge is 2.43. The van der Waals surface area contributed by atoms with Gasteiger partial charge in [0, 0.05) is 17.7 Å². The Hall–Kier alpha value is -3.63. The van der Waals surface area contributed by atoms with Crippen LogP contribution in [0.4, 0.5) is 26.3 Å². The van der Waals surface area contributed by atoms with Crippen molar-refractivity contribution in [2.45, 2.75) is 38.3 Å². The Morgan fingerprint density at radius 1 is 1.14 bits per heavy atom. The number of aryl methyl sites for hydroxylation is 1. The minimum absolute atomic E-state index is 0.0263. The number of halogens is 6. The molecular formula is C24H20F6N2O3. The van der Waals surface area contributed by atoms with E-state index in [9.17, 15) is 35.9 Å². The molecule has 0 aliphatic heterocycles. The average Bonchev–Trinajstić information content (AvgIpc) is 2.76. The highest BCUT2D eigenvalue weighted by atomic mass is 19.4. The van der Waals surface area contributed by atoms with E-state index in [4.69, 9.17) is 5.41 Å². The molecule has 0 spiro atoms. The Morgan fingerprint density at radius 3 is 2.43 bits per heavy atom. The van der Waals surface area contributed by atoms with Gasteiger partial charge < -0.3 is 10.1 Å². The molecule has 1 amide bonds. The number of carbonyl (C=O) groups is 2. The van der Waals surface area contributed by atoms with E-state index in [0.29, 0.717) is 6.07 Å². The van der Waals surface area contributed by atoms with Gasteiger partial charge in [0.15, 0.2) is 0 Å². The van der Waals surface area contributed by atoms with Gasteiger partial charge in [0.05, 0.1) is 35.1 Å². The molecule has 11 heteroatoms. The van der Waals surface area contributed by atoms with Crippen LogP contribution in [0.3, 0.4) is 0 Å². The van der Waals surface area contributed by atoms with Gasteiger partial charge in [-0.1, -0.05) is 12.1 Å². The zero-order valence-corrected chi connectivity index (χ0v) is 18.6. The molecule has 1 aliphatic carbocycles. The lowest BCUT2D eigenvalue weighted by Gasteiger charge is -2.29. The second-order valence-corrected chi connectivity index (χ2v) is 7.92. The van der Waals surface area contributed by atoms with Crippen molar-refractivity contribution in [3.05, 3.63) is 81.3 Å². The third kappa shape index (κ3) is 5.23. The Bertz CT molecular complexity index is 1230. The van der Waals surface area contributed by atoms with Crippen LogP contribution in [-0.4, -0.2) is 30.6 Å². The standard InChI is InChI=1S/C24H20F6N2O3/c1-12-5-3-6-15(24(28,29)30)18(12)21(33)32-17-7-4-10-23(26,27)19(17)20(31)14-9-8-13(11-16(14)25)22(34)35-2/h3,5-6,8-9,11,31H,4,7,10H2,1-2H3,(H,32,33). The fraction of sp³-hybridized carbons (Fsp3) is 0.292.